The van der Waals surface area contributed by atoms with Gasteiger partial charge in [0.2, 0.25) is 11.8 Å². The molecule has 2 atom stereocenters. The Morgan fingerprint density at radius 1 is 1.33 bits per heavy atom. The third kappa shape index (κ3) is 5.51. The van der Waals surface area contributed by atoms with Crippen LogP contribution in [-0.2, 0) is 16.0 Å². The van der Waals surface area contributed by atoms with Gasteiger partial charge in [0.15, 0.2) is 0 Å². The van der Waals surface area contributed by atoms with Crippen LogP contribution in [0.15, 0.2) is 24.3 Å². The highest BCUT2D eigenvalue weighted by Crippen LogP contribution is 2.10. The van der Waals surface area contributed by atoms with Crippen LogP contribution in [0.4, 0.5) is 4.39 Å². The van der Waals surface area contributed by atoms with E-state index in [4.69, 9.17) is 5.73 Å². The largest absolute Gasteiger partial charge is 0.383 e. The van der Waals surface area contributed by atoms with E-state index in [-0.39, 0.29) is 24.3 Å². The van der Waals surface area contributed by atoms with E-state index in [1.807, 2.05) is 13.8 Å². The smallest absolute Gasteiger partial charge is 0.249 e. The Bertz CT molecular complexity index is 505. The van der Waals surface area contributed by atoms with Gasteiger partial charge >= 0.3 is 0 Å². The molecule has 4 N–H and O–H groups in total. The molecule has 1 aromatic rings. The molecule has 0 aromatic heterocycles. The lowest BCUT2D eigenvalue weighted by Gasteiger charge is -2.19. The predicted octanol–water partition coefficient (Wildman–Crippen LogP) is 0.745. The summed E-state index contributed by atoms with van der Waals surface area (Å²) in [6.07, 6.45) is -0.994. The molecular formula is C15H21FN2O3. The van der Waals surface area contributed by atoms with E-state index in [1.165, 1.54) is 18.2 Å². The fraction of sp³-hybridized carbons (Fsp3) is 0.467. The normalized spacial score (nSPS) is 13.8. The third-order valence-electron chi connectivity index (χ3n) is 3.04. The van der Waals surface area contributed by atoms with Gasteiger partial charge in [-0.05, 0) is 24.0 Å². The molecule has 0 radical (unpaired) electrons. The van der Waals surface area contributed by atoms with Crippen molar-refractivity contribution in [3.05, 3.63) is 35.6 Å². The van der Waals surface area contributed by atoms with Gasteiger partial charge in [0.25, 0.3) is 0 Å². The first-order valence-electron chi connectivity index (χ1n) is 6.82. The van der Waals surface area contributed by atoms with Crippen LogP contribution in [0.5, 0.6) is 0 Å². The Balaban J connectivity index is 2.73. The van der Waals surface area contributed by atoms with Crippen molar-refractivity contribution in [1.29, 1.82) is 0 Å². The number of carbonyl (C=O) groups excluding carboxylic acids is 2. The number of nitrogens with one attached hydrogen (secondary N) is 1. The van der Waals surface area contributed by atoms with Gasteiger partial charge in [-0.3, -0.25) is 9.59 Å². The highest BCUT2D eigenvalue weighted by atomic mass is 19.1. The second-order valence-electron chi connectivity index (χ2n) is 5.40. The highest BCUT2D eigenvalue weighted by molar-refractivity contribution is 5.88. The van der Waals surface area contributed by atoms with Gasteiger partial charge in [-0.1, -0.05) is 32.0 Å². The van der Waals surface area contributed by atoms with Crippen molar-refractivity contribution in [3.8, 4) is 0 Å². The molecule has 6 heteroatoms. The summed E-state index contributed by atoms with van der Waals surface area (Å²) in [6, 6.07) is 4.89. The SMILES string of the molecule is CC(C)C[C@H](O)C(=O)N[C@@H](Cc1ccccc1F)C(N)=O. The number of amides is 2. The number of primary amides is 1. The molecule has 2 amide bonds. The monoisotopic (exact) mass is 296 g/mol. The second-order valence-corrected chi connectivity index (χ2v) is 5.40. The maximum atomic E-state index is 13.6. The molecule has 5 nitrogen and oxygen atoms in total. The molecule has 0 aliphatic carbocycles. The molecule has 0 fully saturated rings. The summed E-state index contributed by atoms with van der Waals surface area (Å²) >= 11 is 0. The van der Waals surface area contributed by atoms with Crippen molar-refractivity contribution >= 4 is 11.8 Å². The van der Waals surface area contributed by atoms with Crippen LogP contribution < -0.4 is 11.1 Å². The lowest BCUT2D eigenvalue weighted by molar-refractivity contribution is -0.133. The van der Waals surface area contributed by atoms with E-state index in [9.17, 15) is 19.1 Å². The Labute approximate surface area is 123 Å². The van der Waals surface area contributed by atoms with Crippen molar-refractivity contribution in [1.82, 2.24) is 5.32 Å². The lowest BCUT2D eigenvalue weighted by atomic mass is 10.0. The van der Waals surface area contributed by atoms with Gasteiger partial charge in [-0.15, -0.1) is 0 Å². The fourth-order valence-electron chi connectivity index (χ4n) is 1.93. The molecule has 0 saturated heterocycles. The summed E-state index contributed by atoms with van der Waals surface area (Å²) in [5, 5.41) is 12.1. The quantitative estimate of drug-likeness (QED) is 0.693. The molecular weight excluding hydrogens is 275 g/mol. The Morgan fingerprint density at radius 2 is 1.95 bits per heavy atom. The van der Waals surface area contributed by atoms with E-state index in [0.29, 0.717) is 0 Å². The minimum absolute atomic E-state index is 0.0534. The number of aliphatic hydroxyl groups excluding tert-OH is 1. The minimum Gasteiger partial charge on any atom is -0.383 e. The molecule has 0 bridgehead atoms. The van der Waals surface area contributed by atoms with E-state index < -0.39 is 29.8 Å². The van der Waals surface area contributed by atoms with E-state index >= 15 is 0 Å². The van der Waals surface area contributed by atoms with E-state index in [2.05, 4.69) is 5.32 Å². The first-order chi connectivity index (χ1) is 9.81. The standard InChI is InChI=1S/C15H21FN2O3/c1-9(2)7-13(19)15(21)18-12(14(17)20)8-10-5-3-4-6-11(10)16/h3-6,9,12-13,19H,7-8H2,1-2H3,(H2,17,20)(H,18,21)/t12-,13-/m0/s1. The van der Waals surface area contributed by atoms with Crippen molar-refractivity contribution < 1.29 is 19.1 Å². The molecule has 0 unspecified atom stereocenters. The number of carbonyl (C=O) groups is 2. The van der Waals surface area contributed by atoms with Crippen molar-refractivity contribution in [3.63, 3.8) is 0 Å². The summed E-state index contributed by atoms with van der Waals surface area (Å²) in [7, 11) is 0. The van der Waals surface area contributed by atoms with Crippen LogP contribution in [0.1, 0.15) is 25.8 Å². The molecule has 0 aliphatic heterocycles. The second kappa shape index (κ2) is 7.73. The Hall–Kier alpha value is -1.95. The Kier molecular flexibility index (Phi) is 6.30. The zero-order valence-electron chi connectivity index (χ0n) is 12.2. The van der Waals surface area contributed by atoms with Crippen LogP contribution in [0.2, 0.25) is 0 Å². The van der Waals surface area contributed by atoms with Crippen LogP contribution in [0, 0.1) is 11.7 Å². The number of nitrogens with two attached hydrogens (primary N) is 1. The maximum Gasteiger partial charge on any atom is 0.249 e. The minimum atomic E-state index is -1.22. The number of aliphatic hydroxyl groups is 1. The maximum absolute atomic E-state index is 13.6. The average molecular weight is 296 g/mol. The fourth-order valence-corrected chi connectivity index (χ4v) is 1.93. The zero-order valence-corrected chi connectivity index (χ0v) is 12.2. The average Bonchev–Trinajstić information content (AvgIpc) is 2.39. The van der Waals surface area contributed by atoms with Crippen LogP contribution in [0.3, 0.4) is 0 Å². The van der Waals surface area contributed by atoms with Crippen LogP contribution in [0.25, 0.3) is 0 Å². The first kappa shape index (κ1) is 17.1. The van der Waals surface area contributed by atoms with E-state index in [0.717, 1.165) is 0 Å². The molecule has 0 aliphatic rings. The number of halogens is 1. The molecule has 116 valence electrons. The molecule has 0 spiro atoms. The summed E-state index contributed by atoms with van der Waals surface area (Å²) < 4.78 is 13.6. The summed E-state index contributed by atoms with van der Waals surface area (Å²) in [5.41, 5.74) is 5.50. The van der Waals surface area contributed by atoms with Crippen molar-refractivity contribution in [2.75, 3.05) is 0 Å². The molecule has 1 aromatic carbocycles. The molecule has 21 heavy (non-hydrogen) atoms. The Morgan fingerprint density at radius 3 is 2.48 bits per heavy atom. The summed E-state index contributed by atoms with van der Waals surface area (Å²) in [4.78, 5) is 23.2. The summed E-state index contributed by atoms with van der Waals surface area (Å²) in [5.74, 6) is -1.79. The van der Waals surface area contributed by atoms with Gasteiger partial charge < -0.3 is 16.2 Å². The van der Waals surface area contributed by atoms with Crippen molar-refractivity contribution in [2.45, 2.75) is 38.8 Å². The number of hydrogen-bond acceptors (Lipinski definition) is 3. The first-order valence-corrected chi connectivity index (χ1v) is 6.82. The van der Waals surface area contributed by atoms with Gasteiger partial charge in [-0.25, -0.2) is 4.39 Å². The third-order valence-corrected chi connectivity index (χ3v) is 3.04. The summed E-state index contributed by atoms with van der Waals surface area (Å²) in [6.45, 7) is 3.73. The van der Waals surface area contributed by atoms with Crippen LogP contribution in [-0.4, -0.2) is 29.1 Å². The topological polar surface area (TPSA) is 92.4 Å². The zero-order chi connectivity index (χ0) is 16.0. The molecule has 1 rings (SSSR count). The molecule has 0 heterocycles. The lowest BCUT2D eigenvalue weighted by Crippen LogP contribution is -2.49. The highest BCUT2D eigenvalue weighted by Gasteiger charge is 2.24. The number of benzene rings is 1. The van der Waals surface area contributed by atoms with Gasteiger partial charge in [0.05, 0.1) is 0 Å². The van der Waals surface area contributed by atoms with Gasteiger partial charge in [-0.2, -0.15) is 0 Å². The van der Waals surface area contributed by atoms with Crippen molar-refractivity contribution in [2.24, 2.45) is 11.7 Å². The van der Waals surface area contributed by atoms with Crippen LogP contribution >= 0.6 is 0 Å². The number of hydrogen-bond donors (Lipinski definition) is 3. The van der Waals surface area contributed by atoms with Gasteiger partial charge in [0.1, 0.15) is 18.0 Å². The predicted molar refractivity (Wildman–Crippen MR) is 76.7 cm³/mol. The van der Waals surface area contributed by atoms with E-state index in [1.54, 1.807) is 6.07 Å². The number of rotatable bonds is 7. The van der Waals surface area contributed by atoms with Gasteiger partial charge in [0, 0.05) is 6.42 Å². The molecule has 0 saturated carbocycles.